The summed E-state index contributed by atoms with van der Waals surface area (Å²) in [6, 6.07) is 1.34. The fraction of sp³-hybridized carbons (Fsp3) is 0.938. The van der Waals surface area contributed by atoms with Crippen LogP contribution in [0.5, 0.6) is 0 Å². The number of likely N-dealkylation sites (N-methyl/N-ethyl adjacent to an activating group) is 1. The first-order valence-corrected chi connectivity index (χ1v) is 8.44. The highest BCUT2D eigenvalue weighted by molar-refractivity contribution is 5.76. The first kappa shape index (κ1) is 14.3. The minimum Gasteiger partial charge on any atom is -0.341 e. The number of piperidine rings is 1. The Labute approximate surface area is 122 Å². The lowest BCUT2D eigenvalue weighted by Crippen LogP contribution is -2.40. The molecule has 0 spiro atoms. The van der Waals surface area contributed by atoms with Crippen LogP contribution in [0.15, 0.2) is 0 Å². The van der Waals surface area contributed by atoms with Crippen molar-refractivity contribution in [3.63, 3.8) is 0 Å². The lowest BCUT2D eigenvalue weighted by Gasteiger charge is -2.27. The second-order valence-corrected chi connectivity index (χ2v) is 6.93. The van der Waals surface area contributed by atoms with E-state index in [9.17, 15) is 4.79 Å². The number of fused-ring (bicyclic) bond motifs is 2. The van der Waals surface area contributed by atoms with Gasteiger partial charge in [-0.1, -0.05) is 0 Å². The summed E-state index contributed by atoms with van der Waals surface area (Å²) >= 11 is 0. The molecule has 3 atom stereocenters. The van der Waals surface area contributed by atoms with E-state index in [1.165, 1.54) is 32.1 Å². The van der Waals surface area contributed by atoms with Crippen molar-refractivity contribution in [2.24, 2.45) is 5.92 Å². The summed E-state index contributed by atoms with van der Waals surface area (Å²) in [6.07, 6.45) is 8.18. The minimum atomic E-state index is 0.400. The molecule has 3 aliphatic heterocycles. The molecule has 114 valence electrons. The zero-order chi connectivity index (χ0) is 13.9. The predicted octanol–water partition coefficient (Wildman–Crippen LogP) is 1.46. The van der Waals surface area contributed by atoms with Crippen LogP contribution in [-0.4, -0.2) is 61.0 Å². The van der Waals surface area contributed by atoms with Gasteiger partial charge in [-0.2, -0.15) is 0 Å². The van der Waals surface area contributed by atoms with Crippen molar-refractivity contribution < 1.29 is 4.79 Å². The van der Waals surface area contributed by atoms with Gasteiger partial charge in [-0.15, -0.1) is 0 Å². The van der Waals surface area contributed by atoms with E-state index in [4.69, 9.17) is 0 Å². The second-order valence-electron chi connectivity index (χ2n) is 6.93. The molecule has 3 heterocycles. The molecule has 0 aromatic carbocycles. The Kier molecular flexibility index (Phi) is 4.61. The molecule has 1 amide bonds. The smallest absolute Gasteiger partial charge is 0.222 e. The summed E-state index contributed by atoms with van der Waals surface area (Å²) in [4.78, 5) is 17.1. The second kappa shape index (κ2) is 6.44. The van der Waals surface area contributed by atoms with E-state index in [-0.39, 0.29) is 0 Å². The number of rotatable bonds is 3. The number of carbonyl (C=O) groups is 1. The van der Waals surface area contributed by atoms with Gasteiger partial charge >= 0.3 is 0 Å². The first-order chi connectivity index (χ1) is 9.74. The molecule has 2 bridgehead atoms. The average molecular weight is 279 g/mol. The Bertz CT molecular complexity index is 341. The van der Waals surface area contributed by atoms with Crippen molar-refractivity contribution in [2.75, 3.05) is 33.2 Å². The van der Waals surface area contributed by atoms with Gasteiger partial charge in [-0.3, -0.25) is 9.69 Å². The topological polar surface area (TPSA) is 35.6 Å². The third-order valence-corrected chi connectivity index (χ3v) is 5.67. The lowest BCUT2D eigenvalue weighted by atomic mass is 9.94. The molecular formula is C16H29N3O. The minimum absolute atomic E-state index is 0.400. The molecule has 3 unspecified atom stereocenters. The van der Waals surface area contributed by atoms with Crippen molar-refractivity contribution >= 4 is 5.91 Å². The molecule has 0 saturated carbocycles. The van der Waals surface area contributed by atoms with Crippen molar-refractivity contribution in [1.82, 2.24) is 15.1 Å². The summed E-state index contributed by atoms with van der Waals surface area (Å²) in [5.41, 5.74) is 0. The van der Waals surface area contributed by atoms with Crippen LogP contribution < -0.4 is 5.32 Å². The number of hydrogen-bond donors (Lipinski definition) is 1. The Morgan fingerprint density at radius 1 is 1.20 bits per heavy atom. The Hall–Kier alpha value is -0.610. The molecule has 0 radical (unpaired) electrons. The summed E-state index contributed by atoms with van der Waals surface area (Å²) in [6.45, 7) is 4.22. The van der Waals surface area contributed by atoms with Gasteiger partial charge in [0.1, 0.15) is 0 Å². The normalized spacial score (nSPS) is 35.0. The molecule has 0 aromatic rings. The van der Waals surface area contributed by atoms with Crippen molar-refractivity contribution in [3.05, 3.63) is 0 Å². The van der Waals surface area contributed by atoms with E-state index in [1.54, 1.807) is 0 Å². The lowest BCUT2D eigenvalue weighted by molar-refractivity contribution is -0.131. The SMILES string of the molecule is CN1C2CCC1CN(C(=O)CCC1CCCNC1)CC2. The highest BCUT2D eigenvalue weighted by Gasteiger charge is 2.35. The maximum atomic E-state index is 12.5. The number of hydrogen-bond acceptors (Lipinski definition) is 3. The van der Waals surface area contributed by atoms with Gasteiger partial charge in [-0.25, -0.2) is 0 Å². The standard InChI is InChI=1S/C16H29N3O/c1-18-14-5-6-15(18)12-19(10-8-14)16(20)7-4-13-3-2-9-17-11-13/h13-15,17H,2-12H2,1H3. The van der Waals surface area contributed by atoms with E-state index in [0.29, 0.717) is 11.9 Å². The van der Waals surface area contributed by atoms with Gasteiger partial charge in [0.05, 0.1) is 0 Å². The number of nitrogens with one attached hydrogen (secondary N) is 1. The zero-order valence-corrected chi connectivity index (χ0v) is 12.8. The van der Waals surface area contributed by atoms with Gasteiger partial charge < -0.3 is 10.2 Å². The maximum absolute atomic E-state index is 12.5. The van der Waals surface area contributed by atoms with Gasteiger partial charge in [0.15, 0.2) is 0 Å². The monoisotopic (exact) mass is 279 g/mol. The van der Waals surface area contributed by atoms with Crippen LogP contribution in [0.1, 0.15) is 44.9 Å². The van der Waals surface area contributed by atoms with Gasteiger partial charge in [0.2, 0.25) is 5.91 Å². The quantitative estimate of drug-likeness (QED) is 0.849. The summed E-state index contributed by atoms with van der Waals surface area (Å²) in [7, 11) is 2.24. The van der Waals surface area contributed by atoms with Crippen molar-refractivity contribution in [3.8, 4) is 0 Å². The van der Waals surface area contributed by atoms with Crippen LogP contribution in [0.3, 0.4) is 0 Å². The van der Waals surface area contributed by atoms with Crippen LogP contribution in [-0.2, 0) is 4.79 Å². The highest BCUT2D eigenvalue weighted by atomic mass is 16.2. The highest BCUT2D eigenvalue weighted by Crippen LogP contribution is 2.29. The van der Waals surface area contributed by atoms with Gasteiger partial charge in [0, 0.05) is 31.6 Å². The third-order valence-electron chi connectivity index (χ3n) is 5.67. The number of amides is 1. The van der Waals surface area contributed by atoms with E-state index in [1.807, 2.05) is 0 Å². The Morgan fingerprint density at radius 2 is 2.05 bits per heavy atom. The summed E-state index contributed by atoms with van der Waals surface area (Å²) in [5, 5.41) is 3.44. The van der Waals surface area contributed by atoms with E-state index >= 15 is 0 Å². The van der Waals surface area contributed by atoms with E-state index < -0.39 is 0 Å². The fourth-order valence-corrected chi connectivity index (χ4v) is 4.19. The van der Waals surface area contributed by atoms with E-state index in [0.717, 1.165) is 51.0 Å². The fourth-order valence-electron chi connectivity index (χ4n) is 4.19. The van der Waals surface area contributed by atoms with E-state index in [2.05, 4.69) is 22.2 Å². The van der Waals surface area contributed by atoms with Crippen LogP contribution in [0.2, 0.25) is 0 Å². The average Bonchev–Trinajstić information content (AvgIpc) is 2.71. The van der Waals surface area contributed by atoms with Crippen molar-refractivity contribution in [2.45, 2.75) is 57.0 Å². The molecule has 20 heavy (non-hydrogen) atoms. The van der Waals surface area contributed by atoms with Crippen molar-refractivity contribution in [1.29, 1.82) is 0 Å². The van der Waals surface area contributed by atoms with Crippen LogP contribution in [0.4, 0.5) is 0 Å². The molecule has 3 aliphatic rings. The predicted molar refractivity (Wildman–Crippen MR) is 80.6 cm³/mol. The Morgan fingerprint density at radius 3 is 2.85 bits per heavy atom. The molecule has 3 fully saturated rings. The van der Waals surface area contributed by atoms with Crippen LogP contribution in [0.25, 0.3) is 0 Å². The third kappa shape index (κ3) is 3.17. The number of nitrogens with zero attached hydrogens (tertiary/aromatic N) is 2. The first-order valence-electron chi connectivity index (χ1n) is 8.44. The number of carbonyl (C=O) groups excluding carboxylic acids is 1. The molecule has 3 rings (SSSR count). The van der Waals surface area contributed by atoms with Gasteiger partial charge in [-0.05, 0) is 64.6 Å². The molecule has 0 aromatic heterocycles. The Balaban J connectivity index is 1.47. The molecule has 0 aliphatic carbocycles. The maximum Gasteiger partial charge on any atom is 0.222 e. The van der Waals surface area contributed by atoms with Gasteiger partial charge in [0.25, 0.3) is 0 Å². The molecule has 1 N–H and O–H groups in total. The zero-order valence-electron chi connectivity index (χ0n) is 12.8. The molecule has 4 nitrogen and oxygen atoms in total. The molecular weight excluding hydrogens is 250 g/mol. The molecule has 4 heteroatoms. The van der Waals surface area contributed by atoms with Crippen LogP contribution >= 0.6 is 0 Å². The summed E-state index contributed by atoms with van der Waals surface area (Å²) < 4.78 is 0. The molecule has 3 saturated heterocycles. The summed E-state index contributed by atoms with van der Waals surface area (Å²) in [5.74, 6) is 1.12. The largest absolute Gasteiger partial charge is 0.341 e. The van der Waals surface area contributed by atoms with Crippen LogP contribution in [0, 0.1) is 5.92 Å². The number of likely N-dealkylation sites (tertiary alicyclic amines) is 1.